The number of carbonyl (C=O) groups excluding carboxylic acids is 1. The average molecular weight is 413 g/mol. The van der Waals surface area contributed by atoms with Gasteiger partial charge in [-0.15, -0.1) is 0 Å². The molecule has 0 aliphatic heterocycles. The van der Waals surface area contributed by atoms with Crippen LogP contribution < -0.4 is 5.32 Å². The number of hydrogen-bond donors (Lipinski definition) is 1. The van der Waals surface area contributed by atoms with Crippen LogP contribution in [0.1, 0.15) is 21.5 Å². The Morgan fingerprint density at radius 3 is 2.41 bits per heavy atom. The molecule has 0 bridgehead atoms. The molecule has 0 spiro atoms. The first-order chi connectivity index (χ1) is 13.1. The standard InChI is InChI=1S/C21H14Cl2N2OS/c22-16-11-17(23)19-18(12-16)27-21(24-19)25-20(26)15-8-6-14(7-9-15)10-13-4-2-1-3-5-13/h1-9,11-12H,10H2,(H,24,25,26). The molecule has 3 aromatic carbocycles. The topological polar surface area (TPSA) is 42.0 Å². The normalized spacial score (nSPS) is 10.9. The van der Waals surface area contributed by atoms with Gasteiger partial charge in [-0.1, -0.05) is 77.0 Å². The molecule has 1 N–H and O–H groups in total. The Bertz CT molecular complexity index is 1110. The van der Waals surface area contributed by atoms with E-state index in [1.54, 1.807) is 12.1 Å². The summed E-state index contributed by atoms with van der Waals surface area (Å²) in [6, 6.07) is 21.2. The highest BCUT2D eigenvalue weighted by Gasteiger charge is 2.12. The van der Waals surface area contributed by atoms with Gasteiger partial charge in [0.1, 0.15) is 5.52 Å². The van der Waals surface area contributed by atoms with Gasteiger partial charge in [0.05, 0.1) is 9.72 Å². The molecule has 1 amide bonds. The van der Waals surface area contributed by atoms with E-state index in [-0.39, 0.29) is 5.91 Å². The number of halogens is 2. The summed E-state index contributed by atoms with van der Waals surface area (Å²) < 4.78 is 0.834. The largest absolute Gasteiger partial charge is 0.298 e. The second kappa shape index (κ2) is 7.69. The molecule has 0 aliphatic carbocycles. The third kappa shape index (κ3) is 4.14. The molecule has 4 rings (SSSR count). The molecule has 1 aromatic heterocycles. The quantitative estimate of drug-likeness (QED) is 0.418. The van der Waals surface area contributed by atoms with Crippen LogP contribution in [-0.4, -0.2) is 10.9 Å². The van der Waals surface area contributed by atoms with Gasteiger partial charge in [-0.25, -0.2) is 4.98 Å². The van der Waals surface area contributed by atoms with E-state index in [1.807, 2.05) is 42.5 Å². The lowest BCUT2D eigenvalue weighted by atomic mass is 10.0. The molecule has 0 radical (unpaired) electrons. The lowest BCUT2D eigenvalue weighted by Crippen LogP contribution is -2.11. The Hall–Kier alpha value is -2.40. The van der Waals surface area contributed by atoms with Gasteiger partial charge < -0.3 is 0 Å². The van der Waals surface area contributed by atoms with Gasteiger partial charge in [0.2, 0.25) is 0 Å². The van der Waals surface area contributed by atoms with Crippen molar-refractivity contribution in [3.63, 3.8) is 0 Å². The molecular formula is C21H14Cl2N2OS. The van der Waals surface area contributed by atoms with E-state index in [0.717, 1.165) is 16.7 Å². The summed E-state index contributed by atoms with van der Waals surface area (Å²) in [6.45, 7) is 0. The Morgan fingerprint density at radius 2 is 1.67 bits per heavy atom. The summed E-state index contributed by atoms with van der Waals surface area (Å²) in [5.41, 5.74) is 3.61. The zero-order valence-corrected chi connectivity index (χ0v) is 16.4. The molecule has 1 heterocycles. The third-order valence-corrected chi connectivity index (χ3v) is 5.52. The molecule has 0 fully saturated rings. The first-order valence-corrected chi connectivity index (χ1v) is 9.85. The van der Waals surface area contributed by atoms with E-state index >= 15 is 0 Å². The Kier molecular flexibility index (Phi) is 5.12. The van der Waals surface area contributed by atoms with Crippen molar-refractivity contribution in [3.05, 3.63) is 93.5 Å². The van der Waals surface area contributed by atoms with Gasteiger partial charge in [-0.3, -0.25) is 10.1 Å². The van der Waals surface area contributed by atoms with Gasteiger partial charge in [0.15, 0.2) is 5.13 Å². The number of nitrogens with one attached hydrogen (secondary N) is 1. The van der Waals surface area contributed by atoms with E-state index in [2.05, 4.69) is 22.4 Å². The van der Waals surface area contributed by atoms with Crippen LogP contribution in [0.5, 0.6) is 0 Å². The molecule has 27 heavy (non-hydrogen) atoms. The number of aromatic nitrogens is 1. The number of hydrogen-bond acceptors (Lipinski definition) is 3. The Labute approximate surface area is 170 Å². The molecule has 134 valence electrons. The van der Waals surface area contributed by atoms with E-state index in [9.17, 15) is 4.79 Å². The molecule has 0 saturated heterocycles. The number of nitrogens with zero attached hydrogens (tertiary/aromatic N) is 1. The molecule has 0 atom stereocenters. The lowest BCUT2D eigenvalue weighted by molar-refractivity contribution is 0.102. The summed E-state index contributed by atoms with van der Waals surface area (Å²) >= 11 is 13.5. The van der Waals surface area contributed by atoms with Crippen LogP contribution in [-0.2, 0) is 6.42 Å². The van der Waals surface area contributed by atoms with Crippen LogP contribution in [0.15, 0.2) is 66.7 Å². The molecule has 0 saturated carbocycles. The Morgan fingerprint density at radius 1 is 0.963 bits per heavy atom. The summed E-state index contributed by atoms with van der Waals surface area (Å²) in [6.07, 6.45) is 0.833. The zero-order chi connectivity index (χ0) is 18.8. The van der Waals surface area contributed by atoms with Gasteiger partial charge >= 0.3 is 0 Å². The molecule has 4 aromatic rings. The summed E-state index contributed by atoms with van der Waals surface area (Å²) in [7, 11) is 0. The number of thiazole rings is 1. The Balaban J connectivity index is 1.49. The minimum absolute atomic E-state index is 0.206. The molecular weight excluding hydrogens is 399 g/mol. The maximum atomic E-state index is 12.5. The first-order valence-electron chi connectivity index (χ1n) is 8.28. The van der Waals surface area contributed by atoms with Crippen LogP contribution >= 0.6 is 34.5 Å². The van der Waals surface area contributed by atoms with Crippen molar-refractivity contribution in [2.45, 2.75) is 6.42 Å². The van der Waals surface area contributed by atoms with Gasteiger partial charge in [-0.05, 0) is 41.8 Å². The van der Waals surface area contributed by atoms with Crippen LogP contribution in [0.2, 0.25) is 10.0 Å². The number of anilines is 1. The van der Waals surface area contributed by atoms with Gasteiger partial charge in [-0.2, -0.15) is 0 Å². The fourth-order valence-corrected chi connectivity index (χ4v) is 4.37. The summed E-state index contributed by atoms with van der Waals surface area (Å²) in [4.78, 5) is 16.9. The van der Waals surface area contributed by atoms with Gasteiger partial charge in [0, 0.05) is 10.6 Å². The number of fused-ring (bicyclic) bond motifs is 1. The monoisotopic (exact) mass is 412 g/mol. The number of benzene rings is 3. The summed E-state index contributed by atoms with van der Waals surface area (Å²) in [5, 5.41) is 4.34. The van der Waals surface area contributed by atoms with E-state index in [0.29, 0.717) is 26.3 Å². The van der Waals surface area contributed by atoms with E-state index in [1.165, 1.54) is 16.9 Å². The van der Waals surface area contributed by atoms with Crippen molar-refractivity contribution >= 4 is 55.8 Å². The van der Waals surface area contributed by atoms with Crippen LogP contribution in [0, 0.1) is 0 Å². The molecule has 0 unspecified atom stereocenters. The van der Waals surface area contributed by atoms with Gasteiger partial charge in [0.25, 0.3) is 5.91 Å². The lowest BCUT2D eigenvalue weighted by Gasteiger charge is -2.05. The van der Waals surface area contributed by atoms with Crippen molar-refractivity contribution in [1.82, 2.24) is 4.98 Å². The zero-order valence-electron chi connectivity index (χ0n) is 14.1. The average Bonchev–Trinajstić information content (AvgIpc) is 3.06. The maximum Gasteiger partial charge on any atom is 0.257 e. The predicted octanol–water partition coefficient (Wildman–Crippen LogP) is 6.45. The van der Waals surface area contributed by atoms with E-state index in [4.69, 9.17) is 23.2 Å². The second-order valence-electron chi connectivity index (χ2n) is 6.07. The van der Waals surface area contributed by atoms with E-state index < -0.39 is 0 Å². The minimum atomic E-state index is -0.206. The van der Waals surface area contributed by atoms with Crippen molar-refractivity contribution in [2.24, 2.45) is 0 Å². The fourth-order valence-electron chi connectivity index (χ4n) is 2.79. The van der Waals surface area contributed by atoms with Crippen LogP contribution in [0.25, 0.3) is 10.2 Å². The molecule has 6 heteroatoms. The highest BCUT2D eigenvalue weighted by molar-refractivity contribution is 7.22. The maximum absolute atomic E-state index is 12.5. The second-order valence-corrected chi connectivity index (χ2v) is 7.94. The molecule has 3 nitrogen and oxygen atoms in total. The number of rotatable bonds is 4. The highest BCUT2D eigenvalue weighted by atomic mass is 35.5. The van der Waals surface area contributed by atoms with Crippen molar-refractivity contribution < 1.29 is 4.79 Å². The molecule has 0 aliphatic rings. The van der Waals surface area contributed by atoms with Crippen molar-refractivity contribution in [3.8, 4) is 0 Å². The highest BCUT2D eigenvalue weighted by Crippen LogP contribution is 2.33. The van der Waals surface area contributed by atoms with Crippen molar-refractivity contribution in [1.29, 1.82) is 0 Å². The first kappa shape index (κ1) is 18.0. The number of carbonyl (C=O) groups is 1. The number of amides is 1. The fraction of sp³-hybridized carbons (Fsp3) is 0.0476. The minimum Gasteiger partial charge on any atom is -0.298 e. The van der Waals surface area contributed by atoms with Crippen molar-refractivity contribution in [2.75, 3.05) is 5.32 Å². The third-order valence-electron chi connectivity index (χ3n) is 4.10. The SMILES string of the molecule is O=C(Nc1nc2c(Cl)cc(Cl)cc2s1)c1ccc(Cc2ccccc2)cc1. The van der Waals surface area contributed by atoms with Crippen LogP contribution in [0.3, 0.4) is 0 Å². The predicted molar refractivity (Wildman–Crippen MR) is 113 cm³/mol. The smallest absolute Gasteiger partial charge is 0.257 e. The van der Waals surface area contributed by atoms with Crippen LogP contribution in [0.4, 0.5) is 5.13 Å². The summed E-state index contributed by atoms with van der Waals surface area (Å²) in [5.74, 6) is -0.206.